The summed E-state index contributed by atoms with van der Waals surface area (Å²) in [4.78, 5) is 0. The molecule has 0 atom stereocenters. The van der Waals surface area contributed by atoms with Gasteiger partial charge in [-0.3, -0.25) is 0 Å². The Labute approximate surface area is 165 Å². The molecular weight excluding hydrogens is 377 g/mol. The maximum atomic E-state index is 8.29. The second-order valence-corrected chi connectivity index (χ2v) is 6.49. The van der Waals surface area contributed by atoms with Crippen molar-refractivity contribution in [1.82, 2.24) is 0 Å². The number of nitrogens with zero attached hydrogens (tertiary/aromatic N) is 1. The lowest BCUT2D eigenvalue weighted by Gasteiger charge is -2.17. The summed E-state index contributed by atoms with van der Waals surface area (Å²) in [6.45, 7) is 6.23. The van der Waals surface area contributed by atoms with E-state index in [4.69, 9.17) is 42.6 Å². The van der Waals surface area contributed by atoms with Crippen LogP contribution in [0.1, 0.15) is 37.8 Å². The summed E-state index contributed by atoms with van der Waals surface area (Å²) in [6.07, 6.45) is 6.11. The normalized spacial score (nSPS) is 10.9. The van der Waals surface area contributed by atoms with Crippen molar-refractivity contribution in [3.63, 3.8) is 0 Å². The third-order valence-electron chi connectivity index (χ3n) is 3.62. The first-order valence-corrected chi connectivity index (χ1v) is 9.54. The maximum absolute atomic E-state index is 8.29. The van der Waals surface area contributed by atoms with E-state index in [2.05, 4.69) is 19.0 Å². The molecule has 0 aliphatic heterocycles. The Kier molecular flexibility index (Phi) is 11.9. The number of aryl methyl sites for hydroxylation is 2. The van der Waals surface area contributed by atoms with Gasteiger partial charge in [-0.2, -0.15) is 0 Å². The third-order valence-corrected chi connectivity index (χ3v) is 3.93. The van der Waals surface area contributed by atoms with E-state index in [9.17, 15) is 0 Å². The highest BCUT2D eigenvalue weighted by Gasteiger charge is 2.11. The van der Waals surface area contributed by atoms with E-state index in [1.807, 2.05) is 12.1 Å². The van der Waals surface area contributed by atoms with Gasteiger partial charge in [-0.25, -0.2) is 0 Å². The fourth-order valence-corrected chi connectivity index (χ4v) is 2.47. The van der Waals surface area contributed by atoms with Crippen molar-refractivity contribution >= 4 is 29.4 Å². The van der Waals surface area contributed by atoms with Gasteiger partial charge < -0.3 is 19.4 Å². The number of oxime groups is 1. The van der Waals surface area contributed by atoms with Gasteiger partial charge in [0, 0.05) is 25.7 Å². The summed E-state index contributed by atoms with van der Waals surface area (Å²) in [5.74, 6) is 1.71. The number of rotatable bonds is 13. The minimum absolute atomic E-state index is 0.197. The van der Waals surface area contributed by atoms with Crippen LogP contribution < -0.4 is 9.47 Å². The molecule has 0 fully saturated rings. The Balaban J connectivity index is 2.59. The van der Waals surface area contributed by atoms with Crippen molar-refractivity contribution in [3.05, 3.63) is 33.8 Å². The number of benzene rings is 1. The molecule has 0 aliphatic carbocycles. The third kappa shape index (κ3) is 8.79. The highest BCUT2D eigenvalue weighted by atomic mass is 35.5. The minimum Gasteiger partial charge on any atom is -0.493 e. The fourth-order valence-electron chi connectivity index (χ4n) is 2.35. The Bertz CT molecular complexity index is 562. The molecule has 0 spiro atoms. The molecule has 0 aromatic heterocycles. The van der Waals surface area contributed by atoms with Crippen molar-refractivity contribution in [1.29, 1.82) is 0 Å². The lowest BCUT2D eigenvalue weighted by Crippen LogP contribution is -2.07. The maximum Gasteiger partial charge on any atom is 0.125 e. The predicted octanol–water partition coefficient (Wildman–Crippen LogP) is 5.14. The Morgan fingerprint density at radius 1 is 1.08 bits per heavy atom. The molecule has 0 bridgehead atoms. The van der Waals surface area contributed by atoms with E-state index < -0.39 is 0 Å². The molecule has 0 amide bonds. The number of hydrogen-bond donors (Lipinski definition) is 1. The van der Waals surface area contributed by atoms with Crippen LogP contribution in [0.15, 0.2) is 27.9 Å². The molecule has 0 saturated carbocycles. The monoisotopic (exact) mass is 403 g/mol. The molecule has 5 nitrogen and oxygen atoms in total. The molecule has 1 aromatic carbocycles. The van der Waals surface area contributed by atoms with Crippen LogP contribution in [0.3, 0.4) is 0 Å². The Hall–Kier alpha value is -1.43. The summed E-state index contributed by atoms with van der Waals surface area (Å²) in [5.41, 5.74) is 2.22. The minimum atomic E-state index is 0.197. The van der Waals surface area contributed by atoms with Crippen LogP contribution in [0, 0.1) is 0 Å². The van der Waals surface area contributed by atoms with E-state index in [-0.39, 0.29) is 4.49 Å². The zero-order chi connectivity index (χ0) is 19.2. The number of ether oxygens (including phenoxy) is 3. The van der Waals surface area contributed by atoms with Crippen LogP contribution in [-0.2, 0) is 17.6 Å². The van der Waals surface area contributed by atoms with Crippen molar-refractivity contribution in [2.75, 3.05) is 26.4 Å². The van der Waals surface area contributed by atoms with Gasteiger partial charge in [0.2, 0.25) is 0 Å². The van der Waals surface area contributed by atoms with Gasteiger partial charge in [-0.1, -0.05) is 37.0 Å². The molecule has 0 saturated heterocycles. The van der Waals surface area contributed by atoms with Crippen LogP contribution >= 0.6 is 23.2 Å². The quantitative estimate of drug-likeness (QED) is 0.214. The van der Waals surface area contributed by atoms with Gasteiger partial charge in [-0.05, 0) is 42.2 Å². The molecule has 0 unspecified atom stereocenters. The highest BCUT2D eigenvalue weighted by Crippen LogP contribution is 2.31. The van der Waals surface area contributed by atoms with Gasteiger partial charge in [0.15, 0.2) is 0 Å². The fraction of sp³-hybridized carbons (Fsp3) is 0.526. The highest BCUT2D eigenvalue weighted by molar-refractivity contribution is 6.55. The van der Waals surface area contributed by atoms with Crippen LogP contribution in [0.4, 0.5) is 0 Å². The second kappa shape index (κ2) is 13.7. The second-order valence-electron chi connectivity index (χ2n) is 5.48. The molecule has 0 aliphatic rings. The van der Waals surface area contributed by atoms with E-state index >= 15 is 0 Å². The van der Waals surface area contributed by atoms with E-state index in [0.29, 0.717) is 32.8 Å². The van der Waals surface area contributed by atoms with Crippen molar-refractivity contribution in [2.45, 2.75) is 39.5 Å². The molecule has 1 N–H and O–H groups in total. The van der Waals surface area contributed by atoms with Crippen molar-refractivity contribution < 1.29 is 19.4 Å². The summed E-state index contributed by atoms with van der Waals surface area (Å²) in [7, 11) is 0. The molecule has 0 radical (unpaired) electrons. The molecule has 1 aromatic rings. The van der Waals surface area contributed by atoms with E-state index in [0.717, 1.165) is 41.9 Å². The largest absolute Gasteiger partial charge is 0.493 e. The first-order chi connectivity index (χ1) is 12.6. The van der Waals surface area contributed by atoms with Gasteiger partial charge in [0.1, 0.15) is 22.6 Å². The van der Waals surface area contributed by atoms with Crippen LogP contribution in [0.5, 0.6) is 11.5 Å². The van der Waals surface area contributed by atoms with Crippen molar-refractivity contribution in [3.8, 4) is 11.5 Å². The van der Waals surface area contributed by atoms with Crippen molar-refractivity contribution in [2.24, 2.45) is 5.16 Å². The van der Waals surface area contributed by atoms with E-state index in [1.54, 1.807) is 6.08 Å². The predicted molar refractivity (Wildman–Crippen MR) is 106 cm³/mol. The molecule has 0 heterocycles. The Morgan fingerprint density at radius 2 is 1.77 bits per heavy atom. The zero-order valence-corrected chi connectivity index (χ0v) is 16.9. The van der Waals surface area contributed by atoms with Gasteiger partial charge in [0.05, 0.1) is 13.2 Å². The lowest BCUT2D eigenvalue weighted by molar-refractivity contribution is 0.125. The number of hydrogen-bond acceptors (Lipinski definition) is 5. The van der Waals surface area contributed by atoms with E-state index in [1.165, 1.54) is 6.21 Å². The summed E-state index contributed by atoms with van der Waals surface area (Å²) in [5, 5.41) is 11.2. The van der Waals surface area contributed by atoms with Crippen LogP contribution in [0.25, 0.3) is 0 Å². The van der Waals surface area contributed by atoms with Crippen LogP contribution in [-0.4, -0.2) is 37.8 Å². The topological polar surface area (TPSA) is 60.3 Å². The molecular formula is C19H27Cl2NO4. The smallest absolute Gasteiger partial charge is 0.125 e. The standard InChI is InChI=1S/C19H27Cl2NO4/c1-3-15-13-17(25-12-7-18(20)21)14-16(4-2)19(15)26-11-6-10-24-9-5-8-22-23/h7-8,13-14,23H,3-6,9-12H2,1-2H3/b22-8+. The average Bonchev–Trinajstić information content (AvgIpc) is 2.63. The summed E-state index contributed by atoms with van der Waals surface area (Å²) < 4.78 is 17.4. The average molecular weight is 404 g/mol. The van der Waals surface area contributed by atoms with Crippen LogP contribution in [0.2, 0.25) is 0 Å². The first-order valence-electron chi connectivity index (χ1n) is 8.78. The van der Waals surface area contributed by atoms with Gasteiger partial charge in [-0.15, -0.1) is 5.16 Å². The molecule has 1 rings (SSSR count). The first kappa shape index (κ1) is 22.6. The molecule has 26 heavy (non-hydrogen) atoms. The summed E-state index contributed by atoms with van der Waals surface area (Å²) >= 11 is 11.2. The zero-order valence-electron chi connectivity index (χ0n) is 15.3. The number of halogens is 2. The molecule has 7 heteroatoms. The van der Waals surface area contributed by atoms with Gasteiger partial charge >= 0.3 is 0 Å². The van der Waals surface area contributed by atoms with Gasteiger partial charge in [0.25, 0.3) is 0 Å². The summed E-state index contributed by atoms with van der Waals surface area (Å²) in [6, 6.07) is 3.99. The molecule has 146 valence electrons. The SMILES string of the molecule is CCc1cc(OCC=C(Cl)Cl)cc(CC)c1OCCCOCC/C=N/O. The lowest BCUT2D eigenvalue weighted by atomic mass is 10.0. The Morgan fingerprint density at radius 3 is 2.35 bits per heavy atom.